The Bertz CT molecular complexity index is 775. The number of nitrogens with zero attached hydrogens (tertiary/aromatic N) is 2. The van der Waals surface area contributed by atoms with Crippen LogP contribution in [0.15, 0.2) is 60.7 Å². The minimum Gasteiger partial charge on any atom is -0.263 e. The quantitative estimate of drug-likeness (QED) is 0.650. The van der Waals surface area contributed by atoms with Crippen LogP contribution in [0.25, 0.3) is 11.3 Å². The number of hydrogen-bond acceptors (Lipinski definition) is 1. The first kappa shape index (κ1) is 15.5. The van der Waals surface area contributed by atoms with Crippen molar-refractivity contribution in [3.63, 3.8) is 0 Å². The second-order valence-electron chi connectivity index (χ2n) is 7.13. The van der Waals surface area contributed by atoms with E-state index in [1.165, 1.54) is 22.4 Å². The van der Waals surface area contributed by atoms with Gasteiger partial charge in [-0.15, -0.1) is 0 Å². The first-order chi connectivity index (χ1) is 10.9. The van der Waals surface area contributed by atoms with Crippen LogP contribution in [0.3, 0.4) is 0 Å². The maximum Gasteiger partial charge on any atom is 0.0926 e. The molecule has 2 heteroatoms. The van der Waals surface area contributed by atoms with Crippen molar-refractivity contribution in [2.45, 2.75) is 39.7 Å². The Morgan fingerprint density at radius 2 is 1.57 bits per heavy atom. The van der Waals surface area contributed by atoms with Gasteiger partial charge in [0.25, 0.3) is 0 Å². The van der Waals surface area contributed by atoms with Gasteiger partial charge in [-0.05, 0) is 39.3 Å². The molecule has 0 radical (unpaired) electrons. The van der Waals surface area contributed by atoms with Crippen molar-refractivity contribution in [3.8, 4) is 11.3 Å². The lowest BCUT2D eigenvalue weighted by molar-refractivity contribution is 0.346. The molecule has 3 rings (SSSR count). The van der Waals surface area contributed by atoms with Crippen LogP contribution in [0.1, 0.15) is 37.6 Å². The highest BCUT2D eigenvalue weighted by Crippen LogP contribution is 2.25. The number of rotatable bonds is 3. The van der Waals surface area contributed by atoms with Gasteiger partial charge in [0.05, 0.1) is 11.2 Å². The molecular weight excluding hydrogens is 280 g/mol. The van der Waals surface area contributed by atoms with Crippen molar-refractivity contribution in [2.24, 2.45) is 0 Å². The third kappa shape index (κ3) is 3.53. The summed E-state index contributed by atoms with van der Waals surface area (Å²) in [5.74, 6) is 0. The van der Waals surface area contributed by atoms with E-state index >= 15 is 0 Å². The van der Waals surface area contributed by atoms with Crippen molar-refractivity contribution in [1.82, 2.24) is 9.78 Å². The van der Waals surface area contributed by atoms with Gasteiger partial charge in [0.1, 0.15) is 0 Å². The lowest BCUT2D eigenvalue weighted by Gasteiger charge is -2.22. The molecule has 0 spiro atoms. The molecule has 0 unspecified atom stereocenters. The summed E-state index contributed by atoms with van der Waals surface area (Å²) in [6.45, 7) is 8.73. The highest BCUT2D eigenvalue weighted by molar-refractivity contribution is 5.59. The van der Waals surface area contributed by atoms with Gasteiger partial charge in [-0.3, -0.25) is 4.68 Å². The Balaban J connectivity index is 2.01. The molecule has 0 saturated carbocycles. The molecule has 1 heterocycles. The fourth-order valence-corrected chi connectivity index (χ4v) is 2.79. The van der Waals surface area contributed by atoms with Crippen LogP contribution in [0, 0.1) is 6.92 Å². The third-order valence-electron chi connectivity index (χ3n) is 3.99. The predicted octanol–water partition coefficient (Wildman–Crippen LogP) is 5.20. The van der Waals surface area contributed by atoms with Gasteiger partial charge in [-0.2, -0.15) is 5.10 Å². The fraction of sp³-hybridized carbons (Fsp3) is 0.286. The van der Waals surface area contributed by atoms with E-state index in [1.807, 2.05) is 6.07 Å². The van der Waals surface area contributed by atoms with Crippen molar-refractivity contribution < 1.29 is 0 Å². The molecule has 0 aliphatic rings. The molecule has 0 N–H and O–H groups in total. The van der Waals surface area contributed by atoms with Gasteiger partial charge >= 0.3 is 0 Å². The smallest absolute Gasteiger partial charge is 0.0926 e. The molecule has 0 bridgehead atoms. The van der Waals surface area contributed by atoms with Crippen LogP contribution in [0.4, 0.5) is 0 Å². The summed E-state index contributed by atoms with van der Waals surface area (Å²) in [6, 6.07) is 21.4. The van der Waals surface area contributed by atoms with Crippen molar-refractivity contribution >= 4 is 0 Å². The summed E-state index contributed by atoms with van der Waals surface area (Å²) in [5, 5.41) is 4.88. The van der Waals surface area contributed by atoms with E-state index in [9.17, 15) is 0 Å². The average molecular weight is 304 g/mol. The van der Waals surface area contributed by atoms with Crippen molar-refractivity contribution in [1.29, 1.82) is 0 Å². The van der Waals surface area contributed by atoms with Gasteiger partial charge in [0.2, 0.25) is 0 Å². The van der Waals surface area contributed by atoms with Crippen molar-refractivity contribution in [3.05, 3.63) is 77.5 Å². The number of aromatic nitrogens is 2. The summed E-state index contributed by atoms with van der Waals surface area (Å²) in [6.07, 6.45) is 0.900. The molecule has 0 aliphatic carbocycles. The number of aryl methyl sites for hydroxylation is 1. The summed E-state index contributed by atoms with van der Waals surface area (Å²) in [4.78, 5) is 0. The Kier molecular flexibility index (Phi) is 4.08. The zero-order valence-electron chi connectivity index (χ0n) is 14.4. The Hall–Kier alpha value is -2.35. The lowest BCUT2D eigenvalue weighted by Crippen LogP contribution is -2.25. The summed E-state index contributed by atoms with van der Waals surface area (Å²) in [7, 11) is 0. The normalized spacial score (nSPS) is 11.7. The topological polar surface area (TPSA) is 17.8 Å². The second-order valence-corrected chi connectivity index (χ2v) is 7.13. The summed E-state index contributed by atoms with van der Waals surface area (Å²) >= 11 is 0. The van der Waals surface area contributed by atoms with E-state index in [-0.39, 0.29) is 5.54 Å². The van der Waals surface area contributed by atoms with E-state index in [2.05, 4.69) is 87.0 Å². The molecule has 1 aromatic heterocycles. The highest BCUT2D eigenvalue weighted by Gasteiger charge is 2.20. The largest absolute Gasteiger partial charge is 0.263 e. The van der Waals surface area contributed by atoms with E-state index in [4.69, 9.17) is 5.10 Å². The molecule has 0 saturated heterocycles. The van der Waals surface area contributed by atoms with Crippen molar-refractivity contribution in [2.75, 3.05) is 0 Å². The molecule has 0 atom stereocenters. The monoisotopic (exact) mass is 304 g/mol. The zero-order valence-corrected chi connectivity index (χ0v) is 14.4. The maximum atomic E-state index is 4.88. The standard InChI is InChI=1S/C21H24N2/c1-16-10-12-17(13-11-16)14-19-15-20(18-8-6-5-7-9-18)22-23(19)21(2,3)4/h5-13,15H,14H2,1-4H3. The van der Waals surface area contributed by atoms with E-state index in [0.29, 0.717) is 0 Å². The molecule has 118 valence electrons. The van der Waals surface area contributed by atoms with Crippen LogP contribution in [0.5, 0.6) is 0 Å². The first-order valence-electron chi connectivity index (χ1n) is 8.14. The molecule has 0 amide bonds. The van der Waals surface area contributed by atoms with Crippen LogP contribution in [-0.2, 0) is 12.0 Å². The highest BCUT2D eigenvalue weighted by atomic mass is 15.3. The number of benzene rings is 2. The molecule has 23 heavy (non-hydrogen) atoms. The third-order valence-corrected chi connectivity index (χ3v) is 3.99. The van der Waals surface area contributed by atoms with Gasteiger partial charge in [0.15, 0.2) is 0 Å². The van der Waals surface area contributed by atoms with Gasteiger partial charge in [0, 0.05) is 17.7 Å². The number of hydrogen-bond donors (Lipinski definition) is 0. The van der Waals surface area contributed by atoms with E-state index in [1.54, 1.807) is 0 Å². The lowest BCUT2D eigenvalue weighted by atomic mass is 10.0. The Morgan fingerprint density at radius 3 is 2.17 bits per heavy atom. The van der Waals surface area contributed by atoms with Crippen LogP contribution in [0.2, 0.25) is 0 Å². The minimum atomic E-state index is -0.0347. The maximum absolute atomic E-state index is 4.88. The van der Waals surface area contributed by atoms with E-state index < -0.39 is 0 Å². The molecule has 2 nitrogen and oxygen atoms in total. The minimum absolute atomic E-state index is 0.0347. The SMILES string of the molecule is Cc1ccc(Cc2cc(-c3ccccc3)nn2C(C)(C)C)cc1. The fourth-order valence-electron chi connectivity index (χ4n) is 2.79. The summed E-state index contributed by atoms with van der Waals surface area (Å²) in [5.41, 5.74) is 6.04. The molecular formula is C21H24N2. The van der Waals surface area contributed by atoms with Crippen LogP contribution < -0.4 is 0 Å². The van der Waals surface area contributed by atoms with Crippen LogP contribution in [-0.4, -0.2) is 9.78 Å². The first-order valence-corrected chi connectivity index (χ1v) is 8.14. The van der Waals surface area contributed by atoms with Gasteiger partial charge in [-0.1, -0.05) is 60.2 Å². The molecule has 3 aromatic rings. The average Bonchev–Trinajstić information content (AvgIpc) is 2.95. The Morgan fingerprint density at radius 1 is 0.913 bits per heavy atom. The van der Waals surface area contributed by atoms with Crippen LogP contribution >= 0.6 is 0 Å². The molecule has 0 fully saturated rings. The zero-order chi connectivity index (χ0) is 16.4. The molecule has 2 aromatic carbocycles. The van der Waals surface area contributed by atoms with E-state index in [0.717, 1.165) is 12.1 Å². The molecule has 0 aliphatic heterocycles. The second kappa shape index (κ2) is 6.04. The summed E-state index contributed by atoms with van der Waals surface area (Å²) < 4.78 is 2.16. The van der Waals surface area contributed by atoms with Gasteiger partial charge in [-0.25, -0.2) is 0 Å². The Labute approximate surface area is 138 Å². The van der Waals surface area contributed by atoms with Gasteiger partial charge < -0.3 is 0 Å². The predicted molar refractivity (Wildman–Crippen MR) is 96.6 cm³/mol.